The zero-order valence-corrected chi connectivity index (χ0v) is 10.7. The topological polar surface area (TPSA) is 25.8 Å². The Balaban J connectivity index is 3.18. The molecule has 0 aromatic carbocycles. The molecular weight excluding hydrogens is 184 g/mol. The molecule has 0 fully saturated rings. The van der Waals surface area contributed by atoms with E-state index in [4.69, 9.17) is 0 Å². The van der Waals surface area contributed by atoms with Crippen molar-refractivity contribution in [3.05, 3.63) is 23.8 Å². The quantitative estimate of drug-likeness (QED) is 0.739. The maximum Gasteiger partial charge on any atom is 0.0674 e. The fraction of sp³-hybridized carbons (Fsp3) is 0.692. The van der Waals surface area contributed by atoms with Crippen LogP contribution < -0.4 is 0 Å². The van der Waals surface area contributed by atoms with E-state index in [1.165, 1.54) is 0 Å². The molecular formula is C13H22N2. The SMILES string of the molecule is CC(C)C(C)c1nccnc1C(C)(C)C. The molecule has 0 N–H and O–H groups in total. The van der Waals surface area contributed by atoms with E-state index in [1.54, 1.807) is 12.4 Å². The zero-order valence-electron chi connectivity index (χ0n) is 10.7. The third-order valence-corrected chi connectivity index (χ3v) is 2.87. The van der Waals surface area contributed by atoms with Crippen LogP contribution in [0.15, 0.2) is 12.4 Å². The zero-order chi connectivity index (χ0) is 11.6. The first-order valence-electron chi connectivity index (χ1n) is 5.65. The lowest BCUT2D eigenvalue weighted by atomic mass is 9.84. The first-order valence-corrected chi connectivity index (χ1v) is 5.65. The predicted octanol–water partition coefficient (Wildman–Crippen LogP) is 3.53. The van der Waals surface area contributed by atoms with Crippen LogP contribution in [0.3, 0.4) is 0 Å². The standard InChI is InChI=1S/C13H22N2/c1-9(2)10(3)11-12(13(4,5)6)15-8-7-14-11/h7-10H,1-6H3. The molecule has 2 nitrogen and oxygen atoms in total. The Morgan fingerprint density at radius 1 is 1.00 bits per heavy atom. The van der Waals surface area contributed by atoms with Crippen LogP contribution in [-0.4, -0.2) is 9.97 Å². The monoisotopic (exact) mass is 206 g/mol. The second kappa shape index (κ2) is 4.30. The third-order valence-electron chi connectivity index (χ3n) is 2.87. The number of aromatic nitrogens is 2. The van der Waals surface area contributed by atoms with Gasteiger partial charge < -0.3 is 0 Å². The molecule has 2 heteroatoms. The van der Waals surface area contributed by atoms with Gasteiger partial charge >= 0.3 is 0 Å². The van der Waals surface area contributed by atoms with Gasteiger partial charge in [0.1, 0.15) is 0 Å². The summed E-state index contributed by atoms with van der Waals surface area (Å²) in [4.78, 5) is 8.99. The van der Waals surface area contributed by atoms with Crippen molar-refractivity contribution >= 4 is 0 Å². The fourth-order valence-electron chi connectivity index (χ4n) is 1.58. The highest BCUT2D eigenvalue weighted by Crippen LogP contribution is 2.30. The van der Waals surface area contributed by atoms with E-state index in [0.717, 1.165) is 11.4 Å². The van der Waals surface area contributed by atoms with E-state index in [-0.39, 0.29) is 5.41 Å². The summed E-state index contributed by atoms with van der Waals surface area (Å²) in [6, 6.07) is 0. The Morgan fingerprint density at radius 3 is 2.00 bits per heavy atom. The van der Waals surface area contributed by atoms with E-state index in [2.05, 4.69) is 51.5 Å². The summed E-state index contributed by atoms with van der Waals surface area (Å²) >= 11 is 0. The van der Waals surface area contributed by atoms with Gasteiger partial charge in [-0.1, -0.05) is 41.5 Å². The smallest absolute Gasteiger partial charge is 0.0674 e. The lowest BCUT2D eigenvalue weighted by molar-refractivity contribution is 0.486. The summed E-state index contributed by atoms with van der Waals surface area (Å²) in [7, 11) is 0. The maximum atomic E-state index is 4.50. The van der Waals surface area contributed by atoms with Crippen molar-refractivity contribution in [2.75, 3.05) is 0 Å². The Hall–Kier alpha value is -0.920. The molecule has 0 amide bonds. The molecule has 0 aliphatic carbocycles. The Labute approximate surface area is 93.2 Å². The van der Waals surface area contributed by atoms with Gasteiger partial charge in [0, 0.05) is 23.7 Å². The summed E-state index contributed by atoms with van der Waals surface area (Å²) in [5, 5.41) is 0. The molecule has 15 heavy (non-hydrogen) atoms. The minimum atomic E-state index is 0.0761. The van der Waals surface area contributed by atoms with Crippen molar-refractivity contribution in [1.29, 1.82) is 0 Å². The number of hydrogen-bond donors (Lipinski definition) is 0. The molecule has 0 radical (unpaired) electrons. The number of hydrogen-bond acceptors (Lipinski definition) is 2. The summed E-state index contributed by atoms with van der Waals surface area (Å²) in [5.41, 5.74) is 2.36. The van der Waals surface area contributed by atoms with Gasteiger partial charge in [0.05, 0.1) is 11.4 Å². The van der Waals surface area contributed by atoms with E-state index in [9.17, 15) is 0 Å². The van der Waals surface area contributed by atoms with Crippen LogP contribution in [0.5, 0.6) is 0 Å². The first-order chi connectivity index (χ1) is 6.84. The molecule has 1 rings (SSSR count). The Bertz CT molecular complexity index is 324. The largest absolute Gasteiger partial charge is 0.257 e. The van der Waals surface area contributed by atoms with Gasteiger partial charge in [0.15, 0.2) is 0 Å². The number of rotatable bonds is 2. The highest BCUT2D eigenvalue weighted by Gasteiger charge is 2.24. The van der Waals surface area contributed by atoms with E-state index in [1.807, 2.05) is 0 Å². The molecule has 1 heterocycles. The van der Waals surface area contributed by atoms with Gasteiger partial charge in [-0.15, -0.1) is 0 Å². The van der Waals surface area contributed by atoms with Crippen LogP contribution in [0, 0.1) is 5.92 Å². The summed E-state index contributed by atoms with van der Waals surface area (Å²) < 4.78 is 0. The molecule has 0 aliphatic heterocycles. The van der Waals surface area contributed by atoms with Crippen molar-refractivity contribution in [2.24, 2.45) is 5.92 Å². The van der Waals surface area contributed by atoms with Gasteiger partial charge in [-0.05, 0) is 5.92 Å². The van der Waals surface area contributed by atoms with Gasteiger partial charge in [-0.2, -0.15) is 0 Å². The van der Waals surface area contributed by atoms with E-state index in [0.29, 0.717) is 11.8 Å². The van der Waals surface area contributed by atoms with Crippen LogP contribution in [0.1, 0.15) is 58.8 Å². The first kappa shape index (κ1) is 12.2. The molecule has 1 aromatic heterocycles. The molecule has 0 aliphatic rings. The minimum Gasteiger partial charge on any atom is -0.257 e. The second-order valence-electron chi connectivity index (χ2n) is 5.57. The van der Waals surface area contributed by atoms with Crippen LogP contribution in [0.2, 0.25) is 0 Å². The van der Waals surface area contributed by atoms with Gasteiger partial charge in [0.2, 0.25) is 0 Å². The summed E-state index contributed by atoms with van der Waals surface area (Å²) in [5.74, 6) is 1.07. The molecule has 0 bridgehead atoms. The van der Waals surface area contributed by atoms with Gasteiger partial charge in [0.25, 0.3) is 0 Å². The third kappa shape index (κ3) is 2.77. The number of nitrogens with zero attached hydrogens (tertiary/aromatic N) is 2. The fourth-order valence-corrected chi connectivity index (χ4v) is 1.58. The Morgan fingerprint density at radius 2 is 1.53 bits per heavy atom. The average Bonchev–Trinajstić information content (AvgIpc) is 2.15. The van der Waals surface area contributed by atoms with Crippen molar-refractivity contribution in [3.63, 3.8) is 0 Å². The van der Waals surface area contributed by atoms with Crippen LogP contribution in [-0.2, 0) is 5.41 Å². The molecule has 1 aromatic rings. The molecule has 1 atom stereocenters. The van der Waals surface area contributed by atoms with Crippen molar-refractivity contribution in [2.45, 2.75) is 52.9 Å². The molecule has 0 spiro atoms. The van der Waals surface area contributed by atoms with E-state index < -0.39 is 0 Å². The molecule has 84 valence electrons. The lowest BCUT2D eigenvalue weighted by Crippen LogP contribution is -2.20. The lowest BCUT2D eigenvalue weighted by Gasteiger charge is -2.24. The van der Waals surface area contributed by atoms with Crippen LogP contribution >= 0.6 is 0 Å². The molecule has 1 unspecified atom stereocenters. The maximum absolute atomic E-state index is 4.50. The highest BCUT2D eigenvalue weighted by molar-refractivity contribution is 5.22. The second-order valence-corrected chi connectivity index (χ2v) is 5.57. The normalized spacial score (nSPS) is 14.3. The van der Waals surface area contributed by atoms with Crippen molar-refractivity contribution < 1.29 is 0 Å². The summed E-state index contributed by atoms with van der Waals surface area (Å²) in [6.45, 7) is 13.2. The minimum absolute atomic E-state index is 0.0761. The van der Waals surface area contributed by atoms with E-state index >= 15 is 0 Å². The Kier molecular flexibility index (Phi) is 3.48. The van der Waals surface area contributed by atoms with Crippen LogP contribution in [0.25, 0.3) is 0 Å². The molecule has 0 saturated carbocycles. The van der Waals surface area contributed by atoms with Crippen molar-refractivity contribution in [3.8, 4) is 0 Å². The molecule has 0 saturated heterocycles. The van der Waals surface area contributed by atoms with Gasteiger partial charge in [-0.3, -0.25) is 9.97 Å². The van der Waals surface area contributed by atoms with Gasteiger partial charge in [-0.25, -0.2) is 0 Å². The van der Waals surface area contributed by atoms with Crippen LogP contribution in [0.4, 0.5) is 0 Å². The highest BCUT2D eigenvalue weighted by atomic mass is 14.8. The predicted molar refractivity (Wildman–Crippen MR) is 64.0 cm³/mol. The average molecular weight is 206 g/mol. The van der Waals surface area contributed by atoms with Crippen molar-refractivity contribution in [1.82, 2.24) is 9.97 Å². The summed E-state index contributed by atoms with van der Waals surface area (Å²) in [6.07, 6.45) is 3.58.